The van der Waals surface area contributed by atoms with Gasteiger partial charge in [-0.05, 0) is 25.2 Å². The molecule has 0 aliphatic heterocycles. The maximum Gasteiger partial charge on any atom is 0.306 e. The van der Waals surface area contributed by atoms with E-state index in [-0.39, 0.29) is 31.1 Å². The van der Waals surface area contributed by atoms with Crippen LogP contribution in [0.25, 0.3) is 0 Å². The second-order valence-electron chi connectivity index (χ2n) is 14.9. The molecule has 290 valence electrons. The summed E-state index contributed by atoms with van der Waals surface area (Å²) in [4.78, 5) is 37.3. The smallest absolute Gasteiger partial charge is 0.306 e. The Morgan fingerprint density at radius 2 is 0.714 bits per heavy atom. The van der Waals surface area contributed by atoms with Crippen molar-refractivity contribution >= 4 is 17.9 Å². The topological polar surface area (TPSA) is 78.9 Å². The highest BCUT2D eigenvalue weighted by molar-refractivity contribution is 5.71. The predicted molar refractivity (Wildman–Crippen MR) is 206 cm³/mol. The van der Waals surface area contributed by atoms with Gasteiger partial charge in [0.05, 0.1) is 0 Å². The van der Waals surface area contributed by atoms with E-state index < -0.39 is 6.10 Å². The molecule has 6 heteroatoms. The van der Waals surface area contributed by atoms with Gasteiger partial charge in [-0.1, -0.05) is 195 Å². The quantitative estimate of drug-likeness (QED) is 0.0364. The van der Waals surface area contributed by atoms with Gasteiger partial charge in [0.25, 0.3) is 0 Å². The second kappa shape index (κ2) is 37.7. The van der Waals surface area contributed by atoms with E-state index in [4.69, 9.17) is 14.2 Å². The summed E-state index contributed by atoms with van der Waals surface area (Å²) in [5.41, 5.74) is 0. The van der Waals surface area contributed by atoms with Crippen LogP contribution < -0.4 is 0 Å². The van der Waals surface area contributed by atoms with Gasteiger partial charge < -0.3 is 14.2 Å². The summed E-state index contributed by atoms with van der Waals surface area (Å²) in [5.74, 6) is -0.0612. The Morgan fingerprint density at radius 1 is 0.408 bits per heavy atom. The highest BCUT2D eigenvalue weighted by Crippen LogP contribution is 2.16. The molecule has 0 aliphatic carbocycles. The number of carbonyl (C=O) groups is 3. The van der Waals surface area contributed by atoms with Crippen LogP contribution in [0.2, 0.25) is 0 Å². The monoisotopic (exact) mass is 695 g/mol. The van der Waals surface area contributed by atoms with Crippen LogP contribution in [-0.4, -0.2) is 37.2 Å². The van der Waals surface area contributed by atoms with E-state index in [1.165, 1.54) is 122 Å². The normalized spacial score (nSPS) is 12.5. The van der Waals surface area contributed by atoms with E-state index in [9.17, 15) is 14.4 Å². The zero-order valence-corrected chi connectivity index (χ0v) is 33.1. The van der Waals surface area contributed by atoms with Crippen molar-refractivity contribution in [2.24, 2.45) is 5.92 Å². The molecule has 0 spiro atoms. The third kappa shape index (κ3) is 36.0. The van der Waals surface area contributed by atoms with E-state index >= 15 is 0 Å². The van der Waals surface area contributed by atoms with Gasteiger partial charge in [-0.15, -0.1) is 0 Å². The van der Waals surface area contributed by atoms with E-state index in [1.54, 1.807) is 0 Å². The molecule has 0 saturated carbocycles. The molecule has 0 heterocycles. The molecule has 0 aromatic carbocycles. The molecule has 2 atom stereocenters. The van der Waals surface area contributed by atoms with Gasteiger partial charge in [0.15, 0.2) is 6.10 Å². The first-order chi connectivity index (χ1) is 23.9. The Balaban J connectivity index is 4.14. The maximum absolute atomic E-state index is 12.5. The minimum absolute atomic E-state index is 0.0663. The molecule has 0 aromatic heterocycles. The Labute approximate surface area is 304 Å². The lowest BCUT2D eigenvalue weighted by atomic mass is 10.00. The molecule has 0 radical (unpaired) electrons. The van der Waals surface area contributed by atoms with E-state index in [2.05, 4.69) is 27.7 Å². The van der Waals surface area contributed by atoms with E-state index in [1.807, 2.05) is 0 Å². The first-order valence-corrected chi connectivity index (χ1v) is 21.4. The first-order valence-electron chi connectivity index (χ1n) is 21.4. The highest BCUT2D eigenvalue weighted by atomic mass is 16.6. The summed E-state index contributed by atoms with van der Waals surface area (Å²) >= 11 is 0. The number of carbonyl (C=O) groups excluding carboxylic acids is 3. The highest BCUT2D eigenvalue weighted by Gasteiger charge is 2.19. The number of esters is 3. The van der Waals surface area contributed by atoms with Gasteiger partial charge in [-0.3, -0.25) is 14.4 Å². The number of rotatable bonds is 38. The van der Waals surface area contributed by atoms with Crippen LogP contribution in [-0.2, 0) is 28.6 Å². The molecule has 0 rings (SSSR count). The van der Waals surface area contributed by atoms with Gasteiger partial charge in [-0.25, -0.2) is 0 Å². The van der Waals surface area contributed by atoms with E-state index in [0.29, 0.717) is 19.3 Å². The Morgan fingerprint density at radius 3 is 1.06 bits per heavy atom. The molecular formula is C43H82O6. The minimum atomic E-state index is -0.757. The summed E-state index contributed by atoms with van der Waals surface area (Å²) < 4.78 is 16.5. The number of hydrogen-bond donors (Lipinski definition) is 0. The fraction of sp³-hybridized carbons (Fsp3) is 0.930. The number of unbranched alkanes of at least 4 members (excludes halogenated alkanes) is 24. The predicted octanol–water partition coefficient (Wildman–Crippen LogP) is 13.2. The Kier molecular flexibility index (Phi) is 36.4. The Hall–Kier alpha value is -1.59. The summed E-state index contributed by atoms with van der Waals surface area (Å²) in [7, 11) is 0. The standard InChI is InChI=1S/C43H82O6/c1-5-8-10-12-13-14-15-16-17-18-19-20-21-22-27-30-34-41(44)47-37-40(49-43(46)36-32-25-11-9-6-2)38-48-42(45)35-31-28-24-23-26-29-33-39(4)7-3/h39-40H,5-38H2,1-4H3/t39?,40-/m0/s1. The molecule has 0 fully saturated rings. The fourth-order valence-electron chi connectivity index (χ4n) is 6.24. The Bertz CT molecular complexity index is 738. The zero-order valence-electron chi connectivity index (χ0n) is 33.1. The molecule has 1 unspecified atom stereocenters. The largest absolute Gasteiger partial charge is 0.462 e. The van der Waals surface area contributed by atoms with E-state index in [0.717, 1.165) is 70.1 Å². The molecule has 49 heavy (non-hydrogen) atoms. The van der Waals surface area contributed by atoms with Gasteiger partial charge in [0.1, 0.15) is 13.2 Å². The average molecular weight is 695 g/mol. The zero-order chi connectivity index (χ0) is 36.0. The summed E-state index contributed by atoms with van der Waals surface area (Å²) in [6, 6.07) is 0. The molecular weight excluding hydrogens is 612 g/mol. The molecule has 0 aromatic rings. The average Bonchev–Trinajstić information content (AvgIpc) is 3.10. The van der Waals surface area contributed by atoms with Crippen molar-refractivity contribution in [3.63, 3.8) is 0 Å². The van der Waals surface area contributed by atoms with Crippen LogP contribution in [0.1, 0.15) is 233 Å². The third-order valence-corrected chi connectivity index (χ3v) is 9.90. The number of ether oxygens (including phenoxy) is 3. The van der Waals surface area contributed by atoms with Crippen LogP contribution in [0.5, 0.6) is 0 Å². The van der Waals surface area contributed by atoms with Crippen LogP contribution in [0.3, 0.4) is 0 Å². The SMILES string of the molecule is CCCCCCCCCCCCCCCCCCC(=O)OC[C@@H](COC(=O)CCCCCCCCC(C)CC)OC(=O)CCCCCCC. The van der Waals surface area contributed by atoms with Crippen LogP contribution in [0.15, 0.2) is 0 Å². The van der Waals surface area contributed by atoms with Crippen molar-refractivity contribution in [2.75, 3.05) is 13.2 Å². The van der Waals surface area contributed by atoms with Gasteiger partial charge in [0, 0.05) is 19.3 Å². The van der Waals surface area contributed by atoms with Crippen LogP contribution in [0.4, 0.5) is 0 Å². The van der Waals surface area contributed by atoms with Crippen LogP contribution >= 0.6 is 0 Å². The summed E-state index contributed by atoms with van der Waals surface area (Å²) in [6.07, 6.45) is 35.5. The van der Waals surface area contributed by atoms with Crippen molar-refractivity contribution in [2.45, 2.75) is 239 Å². The van der Waals surface area contributed by atoms with Crippen molar-refractivity contribution < 1.29 is 28.6 Å². The van der Waals surface area contributed by atoms with Gasteiger partial charge >= 0.3 is 17.9 Å². The molecule has 0 bridgehead atoms. The molecule has 0 amide bonds. The fourth-order valence-corrected chi connectivity index (χ4v) is 6.24. The number of hydrogen-bond acceptors (Lipinski definition) is 6. The van der Waals surface area contributed by atoms with Crippen molar-refractivity contribution in [3.8, 4) is 0 Å². The minimum Gasteiger partial charge on any atom is -0.462 e. The summed E-state index contributed by atoms with van der Waals surface area (Å²) in [5, 5.41) is 0. The second-order valence-corrected chi connectivity index (χ2v) is 14.9. The van der Waals surface area contributed by atoms with Crippen molar-refractivity contribution in [1.82, 2.24) is 0 Å². The van der Waals surface area contributed by atoms with Gasteiger partial charge in [-0.2, -0.15) is 0 Å². The lowest BCUT2D eigenvalue weighted by Crippen LogP contribution is -2.30. The van der Waals surface area contributed by atoms with Crippen molar-refractivity contribution in [1.29, 1.82) is 0 Å². The molecule has 6 nitrogen and oxygen atoms in total. The summed E-state index contributed by atoms with van der Waals surface area (Å²) in [6.45, 7) is 8.87. The maximum atomic E-state index is 12.5. The molecule has 0 saturated heterocycles. The molecule has 0 aliphatic rings. The third-order valence-electron chi connectivity index (χ3n) is 9.90. The lowest BCUT2D eigenvalue weighted by molar-refractivity contribution is -0.167. The molecule has 0 N–H and O–H groups in total. The lowest BCUT2D eigenvalue weighted by Gasteiger charge is -2.18. The van der Waals surface area contributed by atoms with Crippen molar-refractivity contribution in [3.05, 3.63) is 0 Å². The first kappa shape index (κ1) is 47.4. The van der Waals surface area contributed by atoms with Gasteiger partial charge in [0.2, 0.25) is 0 Å². The van der Waals surface area contributed by atoms with Crippen LogP contribution in [0, 0.1) is 5.92 Å².